The molecule has 1 aromatic heterocycles. The number of thiazole rings is 1. The summed E-state index contributed by atoms with van der Waals surface area (Å²) in [6, 6.07) is 9.24. The summed E-state index contributed by atoms with van der Waals surface area (Å²) in [5.74, 6) is -0.0451. The zero-order valence-electron chi connectivity index (χ0n) is 11.9. The van der Waals surface area contributed by atoms with Gasteiger partial charge in [0.05, 0.1) is 12.1 Å². The van der Waals surface area contributed by atoms with E-state index in [2.05, 4.69) is 15.6 Å². The fraction of sp³-hybridized carbons (Fsp3) is 0.333. The Morgan fingerprint density at radius 1 is 1.25 bits per heavy atom. The van der Waals surface area contributed by atoms with Gasteiger partial charge in [-0.2, -0.15) is 0 Å². The van der Waals surface area contributed by atoms with Crippen molar-refractivity contribution in [3.05, 3.63) is 46.4 Å². The molecular weight excluding hydrogens is 270 g/mol. The van der Waals surface area contributed by atoms with Gasteiger partial charge in [-0.1, -0.05) is 18.2 Å². The molecule has 106 valence electrons. The van der Waals surface area contributed by atoms with Crippen LogP contribution in [0.15, 0.2) is 35.7 Å². The molecule has 0 saturated heterocycles. The second-order valence-corrected chi connectivity index (χ2v) is 5.68. The van der Waals surface area contributed by atoms with Crippen molar-refractivity contribution in [2.75, 3.05) is 5.32 Å². The van der Waals surface area contributed by atoms with Gasteiger partial charge in [-0.05, 0) is 32.9 Å². The first-order valence-corrected chi connectivity index (χ1v) is 7.48. The Kier molecular flexibility index (Phi) is 4.87. The number of hydrogen-bond donors (Lipinski definition) is 2. The number of rotatable bonds is 5. The van der Waals surface area contributed by atoms with E-state index >= 15 is 0 Å². The Bertz CT molecular complexity index is 568. The second kappa shape index (κ2) is 6.63. The quantitative estimate of drug-likeness (QED) is 0.889. The largest absolute Gasteiger partial charge is 0.325 e. The van der Waals surface area contributed by atoms with Gasteiger partial charge in [-0.3, -0.25) is 10.1 Å². The lowest BCUT2D eigenvalue weighted by Crippen LogP contribution is -2.39. The van der Waals surface area contributed by atoms with E-state index in [1.807, 2.05) is 56.5 Å². The Hall–Kier alpha value is -1.72. The van der Waals surface area contributed by atoms with E-state index < -0.39 is 0 Å². The lowest BCUT2D eigenvalue weighted by atomic mass is 10.2. The summed E-state index contributed by atoms with van der Waals surface area (Å²) in [4.78, 5) is 16.5. The van der Waals surface area contributed by atoms with Gasteiger partial charge in [0.1, 0.15) is 5.01 Å². The third-order valence-electron chi connectivity index (χ3n) is 2.94. The van der Waals surface area contributed by atoms with E-state index in [1.54, 1.807) is 11.3 Å². The lowest BCUT2D eigenvalue weighted by molar-refractivity contribution is -0.117. The molecule has 0 aliphatic heterocycles. The molecule has 4 nitrogen and oxygen atoms in total. The summed E-state index contributed by atoms with van der Waals surface area (Å²) in [5, 5.41) is 9.17. The number of hydrogen-bond acceptors (Lipinski definition) is 4. The highest BCUT2D eigenvalue weighted by Gasteiger charge is 2.17. The number of aryl methyl sites for hydroxylation is 1. The molecule has 1 aromatic carbocycles. The molecule has 0 fully saturated rings. The highest BCUT2D eigenvalue weighted by atomic mass is 32.1. The first kappa shape index (κ1) is 14.7. The van der Waals surface area contributed by atoms with Crippen LogP contribution >= 0.6 is 11.3 Å². The molecule has 2 rings (SSSR count). The predicted molar refractivity (Wildman–Crippen MR) is 82.9 cm³/mol. The van der Waals surface area contributed by atoms with E-state index in [4.69, 9.17) is 0 Å². The van der Waals surface area contributed by atoms with E-state index in [0.717, 1.165) is 16.4 Å². The molecule has 1 amide bonds. The van der Waals surface area contributed by atoms with Crippen molar-refractivity contribution in [3.63, 3.8) is 0 Å². The summed E-state index contributed by atoms with van der Waals surface area (Å²) in [7, 11) is 0. The predicted octanol–water partition coefficient (Wildman–Crippen LogP) is 3.13. The molecule has 20 heavy (non-hydrogen) atoms. The van der Waals surface area contributed by atoms with Crippen molar-refractivity contribution in [2.24, 2.45) is 0 Å². The van der Waals surface area contributed by atoms with Gasteiger partial charge >= 0.3 is 0 Å². The van der Waals surface area contributed by atoms with Gasteiger partial charge in [-0.25, -0.2) is 4.98 Å². The van der Waals surface area contributed by atoms with Gasteiger partial charge < -0.3 is 5.32 Å². The van der Waals surface area contributed by atoms with Crippen LogP contribution in [-0.4, -0.2) is 16.9 Å². The SMILES string of the molecule is Cc1csc(C(C)NC(C)C(=O)Nc2ccccc2)n1. The van der Waals surface area contributed by atoms with E-state index in [9.17, 15) is 4.79 Å². The molecule has 0 spiro atoms. The first-order chi connectivity index (χ1) is 9.56. The number of carbonyl (C=O) groups is 1. The number of para-hydroxylation sites is 1. The topological polar surface area (TPSA) is 54.0 Å². The standard InChI is InChI=1S/C15H19N3OS/c1-10-9-20-15(16-10)12(3)17-11(2)14(19)18-13-7-5-4-6-8-13/h4-9,11-12,17H,1-3H3,(H,18,19). The fourth-order valence-electron chi connectivity index (χ4n) is 1.87. The summed E-state index contributed by atoms with van der Waals surface area (Å²) >= 11 is 1.61. The van der Waals surface area contributed by atoms with Crippen LogP contribution in [0.25, 0.3) is 0 Å². The fourth-order valence-corrected chi connectivity index (χ4v) is 2.68. The van der Waals surface area contributed by atoms with Crippen LogP contribution in [0.5, 0.6) is 0 Å². The van der Waals surface area contributed by atoms with Crippen LogP contribution < -0.4 is 10.6 Å². The Morgan fingerprint density at radius 3 is 2.55 bits per heavy atom. The molecule has 0 saturated carbocycles. The van der Waals surface area contributed by atoms with Crippen LogP contribution in [0.4, 0.5) is 5.69 Å². The van der Waals surface area contributed by atoms with Crippen molar-refractivity contribution in [3.8, 4) is 0 Å². The number of aromatic nitrogens is 1. The molecule has 0 bridgehead atoms. The van der Waals surface area contributed by atoms with Crippen LogP contribution in [0.2, 0.25) is 0 Å². The molecule has 2 atom stereocenters. The molecule has 0 aliphatic rings. The zero-order valence-corrected chi connectivity index (χ0v) is 12.7. The van der Waals surface area contributed by atoms with E-state index in [-0.39, 0.29) is 18.0 Å². The number of amides is 1. The summed E-state index contributed by atoms with van der Waals surface area (Å²) < 4.78 is 0. The van der Waals surface area contributed by atoms with Crippen molar-refractivity contribution < 1.29 is 4.79 Å². The minimum Gasteiger partial charge on any atom is -0.325 e. The summed E-state index contributed by atoms with van der Waals surface area (Å²) in [6.45, 7) is 5.85. The normalized spacial score (nSPS) is 13.8. The van der Waals surface area contributed by atoms with Crippen molar-refractivity contribution in [2.45, 2.75) is 32.9 Å². The number of benzene rings is 1. The smallest absolute Gasteiger partial charge is 0.241 e. The van der Waals surface area contributed by atoms with Crippen LogP contribution in [0.3, 0.4) is 0 Å². The Morgan fingerprint density at radius 2 is 1.95 bits per heavy atom. The average molecular weight is 289 g/mol. The molecule has 0 radical (unpaired) electrons. The number of nitrogens with zero attached hydrogens (tertiary/aromatic N) is 1. The average Bonchev–Trinajstić information content (AvgIpc) is 2.86. The maximum absolute atomic E-state index is 12.1. The minimum absolute atomic E-state index is 0.0451. The number of nitrogens with one attached hydrogen (secondary N) is 2. The highest BCUT2D eigenvalue weighted by molar-refractivity contribution is 7.09. The minimum atomic E-state index is -0.283. The molecule has 2 N–H and O–H groups in total. The highest BCUT2D eigenvalue weighted by Crippen LogP contribution is 2.18. The van der Waals surface area contributed by atoms with Crippen molar-refractivity contribution >= 4 is 22.9 Å². The molecule has 0 aliphatic carbocycles. The summed E-state index contributed by atoms with van der Waals surface area (Å²) in [6.07, 6.45) is 0. The Balaban J connectivity index is 1.91. The van der Waals surface area contributed by atoms with Crippen LogP contribution in [-0.2, 0) is 4.79 Å². The maximum atomic E-state index is 12.1. The van der Waals surface area contributed by atoms with Crippen LogP contribution in [0, 0.1) is 6.92 Å². The monoisotopic (exact) mass is 289 g/mol. The molecule has 2 unspecified atom stereocenters. The second-order valence-electron chi connectivity index (χ2n) is 4.79. The third-order valence-corrected chi connectivity index (χ3v) is 4.09. The van der Waals surface area contributed by atoms with Gasteiger partial charge in [0.2, 0.25) is 5.91 Å². The van der Waals surface area contributed by atoms with Gasteiger partial charge in [0.25, 0.3) is 0 Å². The van der Waals surface area contributed by atoms with E-state index in [0.29, 0.717) is 0 Å². The van der Waals surface area contributed by atoms with E-state index in [1.165, 1.54) is 0 Å². The van der Waals surface area contributed by atoms with Crippen molar-refractivity contribution in [1.29, 1.82) is 0 Å². The van der Waals surface area contributed by atoms with Gasteiger partial charge in [-0.15, -0.1) is 11.3 Å². The molecule has 5 heteroatoms. The van der Waals surface area contributed by atoms with Crippen LogP contribution in [0.1, 0.15) is 30.6 Å². The van der Waals surface area contributed by atoms with Gasteiger partial charge in [0, 0.05) is 16.8 Å². The Labute approximate surface area is 123 Å². The third kappa shape index (κ3) is 3.88. The molecular formula is C15H19N3OS. The van der Waals surface area contributed by atoms with Crippen molar-refractivity contribution in [1.82, 2.24) is 10.3 Å². The summed E-state index contributed by atoms with van der Waals surface area (Å²) in [5.41, 5.74) is 1.82. The first-order valence-electron chi connectivity index (χ1n) is 6.60. The maximum Gasteiger partial charge on any atom is 0.241 e. The number of anilines is 1. The number of carbonyl (C=O) groups excluding carboxylic acids is 1. The lowest BCUT2D eigenvalue weighted by Gasteiger charge is -2.18. The molecule has 2 aromatic rings. The molecule has 1 heterocycles. The zero-order chi connectivity index (χ0) is 14.5. The van der Waals surface area contributed by atoms with Gasteiger partial charge in [0.15, 0.2) is 0 Å².